The van der Waals surface area contributed by atoms with Gasteiger partial charge in [-0.1, -0.05) is 20.8 Å². The predicted octanol–water partition coefficient (Wildman–Crippen LogP) is -0.0773. The van der Waals surface area contributed by atoms with Gasteiger partial charge in [-0.15, -0.1) is 12.4 Å². The van der Waals surface area contributed by atoms with Gasteiger partial charge < -0.3 is 20.7 Å². The minimum atomic E-state index is -0.470. The summed E-state index contributed by atoms with van der Waals surface area (Å²) in [6.45, 7) is 8.06. The van der Waals surface area contributed by atoms with Gasteiger partial charge in [-0.05, 0) is 0 Å². The first-order valence-electron chi connectivity index (χ1n) is 6.12. The Hall–Kier alpha value is -0.850. The van der Waals surface area contributed by atoms with Crippen molar-refractivity contribution in [1.29, 1.82) is 0 Å². The summed E-state index contributed by atoms with van der Waals surface area (Å²) in [6.07, 6.45) is 0. The van der Waals surface area contributed by atoms with Gasteiger partial charge in [0.2, 0.25) is 11.8 Å². The number of hydrogen-bond donors (Lipinski definition) is 3. The van der Waals surface area contributed by atoms with Crippen LogP contribution < -0.4 is 16.0 Å². The fourth-order valence-corrected chi connectivity index (χ4v) is 1.08. The maximum absolute atomic E-state index is 11.5. The molecule has 0 saturated carbocycles. The standard InChI is InChI=1S/C12H25N3O3.ClH/c1-12(2,3)11(17)15-9-10(16)14-6-5-13-7-8-18-4;/h13H,5-9H2,1-4H3,(H,14,16)(H,15,17);1H. The first-order chi connectivity index (χ1) is 8.38. The summed E-state index contributed by atoms with van der Waals surface area (Å²) in [5.41, 5.74) is -0.470. The smallest absolute Gasteiger partial charge is 0.239 e. The molecule has 3 N–H and O–H groups in total. The van der Waals surface area contributed by atoms with Gasteiger partial charge in [0, 0.05) is 32.2 Å². The molecule has 0 heterocycles. The number of carbonyl (C=O) groups is 2. The third-order valence-corrected chi connectivity index (χ3v) is 2.20. The molecular weight excluding hydrogens is 270 g/mol. The van der Waals surface area contributed by atoms with Crippen LogP contribution in [0.1, 0.15) is 20.8 Å². The lowest BCUT2D eigenvalue weighted by atomic mass is 9.96. The molecule has 0 aliphatic heterocycles. The number of ether oxygens (including phenoxy) is 1. The van der Waals surface area contributed by atoms with Crippen molar-refractivity contribution in [3.05, 3.63) is 0 Å². The second kappa shape index (κ2) is 11.0. The molecule has 0 rings (SSSR count). The van der Waals surface area contributed by atoms with E-state index in [2.05, 4.69) is 16.0 Å². The summed E-state index contributed by atoms with van der Waals surface area (Å²) in [5.74, 6) is -0.308. The lowest BCUT2D eigenvalue weighted by molar-refractivity contribution is -0.131. The zero-order valence-corrected chi connectivity index (χ0v) is 13.0. The van der Waals surface area contributed by atoms with E-state index >= 15 is 0 Å². The van der Waals surface area contributed by atoms with E-state index in [0.717, 1.165) is 6.54 Å². The van der Waals surface area contributed by atoms with E-state index in [1.165, 1.54) is 0 Å². The van der Waals surface area contributed by atoms with Crippen LogP contribution in [0.3, 0.4) is 0 Å². The molecule has 0 fully saturated rings. The molecule has 19 heavy (non-hydrogen) atoms. The summed E-state index contributed by atoms with van der Waals surface area (Å²) in [6, 6.07) is 0. The van der Waals surface area contributed by atoms with E-state index in [-0.39, 0.29) is 30.8 Å². The molecule has 0 aromatic carbocycles. The van der Waals surface area contributed by atoms with Gasteiger partial charge in [0.1, 0.15) is 0 Å². The molecule has 0 radical (unpaired) electrons. The molecule has 0 aliphatic rings. The first-order valence-corrected chi connectivity index (χ1v) is 6.12. The molecule has 2 amide bonds. The minimum Gasteiger partial charge on any atom is -0.383 e. The molecule has 114 valence electrons. The zero-order chi connectivity index (χ0) is 14.0. The highest BCUT2D eigenvalue weighted by atomic mass is 35.5. The van der Waals surface area contributed by atoms with Gasteiger partial charge >= 0.3 is 0 Å². The Labute approximate surface area is 121 Å². The number of amides is 2. The maximum Gasteiger partial charge on any atom is 0.239 e. The van der Waals surface area contributed by atoms with Crippen LogP contribution in [0.15, 0.2) is 0 Å². The highest BCUT2D eigenvalue weighted by Gasteiger charge is 2.21. The highest BCUT2D eigenvalue weighted by Crippen LogP contribution is 2.11. The summed E-state index contributed by atoms with van der Waals surface area (Å²) in [4.78, 5) is 22.9. The van der Waals surface area contributed by atoms with E-state index in [1.807, 2.05) is 0 Å². The number of hydrogen-bond acceptors (Lipinski definition) is 4. The van der Waals surface area contributed by atoms with Crippen LogP contribution in [0.25, 0.3) is 0 Å². The summed E-state index contributed by atoms with van der Waals surface area (Å²) < 4.78 is 4.87. The lowest BCUT2D eigenvalue weighted by Gasteiger charge is -2.17. The van der Waals surface area contributed by atoms with Crippen LogP contribution in [0, 0.1) is 5.41 Å². The summed E-state index contributed by atoms with van der Waals surface area (Å²) >= 11 is 0. The first kappa shape index (κ1) is 20.5. The van der Waals surface area contributed by atoms with E-state index in [1.54, 1.807) is 27.9 Å². The average Bonchev–Trinajstić information content (AvgIpc) is 2.29. The molecule has 6 nitrogen and oxygen atoms in total. The van der Waals surface area contributed by atoms with Crippen LogP contribution in [-0.4, -0.2) is 51.7 Å². The lowest BCUT2D eigenvalue weighted by Crippen LogP contribution is -2.43. The van der Waals surface area contributed by atoms with Crippen molar-refractivity contribution in [2.75, 3.05) is 39.9 Å². The van der Waals surface area contributed by atoms with E-state index in [9.17, 15) is 9.59 Å². The zero-order valence-electron chi connectivity index (χ0n) is 12.2. The quantitative estimate of drug-likeness (QED) is 0.548. The van der Waals surface area contributed by atoms with Gasteiger partial charge in [-0.3, -0.25) is 9.59 Å². The third-order valence-electron chi connectivity index (χ3n) is 2.20. The van der Waals surface area contributed by atoms with E-state index in [0.29, 0.717) is 19.7 Å². The molecule has 0 atom stereocenters. The second-order valence-electron chi connectivity index (χ2n) is 5.03. The number of rotatable bonds is 8. The topological polar surface area (TPSA) is 79.5 Å². The monoisotopic (exact) mass is 295 g/mol. The Morgan fingerprint density at radius 2 is 1.68 bits per heavy atom. The second-order valence-corrected chi connectivity index (χ2v) is 5.03. The molecule has 0 bridgehead atoms. The van der Waals surface area contributed by atoms with Gasteiger partial charge in [0.25, 0.3) is 0 Å². The Kier molecular flexibility index (Phi) is 11.9. The van der Waals surface area contributed by atoms with Crippen molar-refractivity contribution in [2.24, 2.45) is 5.41 Å². The fraction of sp³-hybridized carbons (Fsp3) is 0.833. The van der Waals surface area contributed by atoms with Crippen molar-refractivity contribution >= 4 is 24.2 Å². The Bertz CT molecular complexity index is 267. The highest BCUT2D eigenvalue weighted by molar-refractivity contribution is 5.87. The van der Waals surface area contributed by atoms with Crippen molar-refractivity contribution < 1.29 is 14.3 Å². The predicted molar refractivity (Wildman–Crippen MR) is 77.5 cm³/mol. The number of carbonyl (C=O) groups excluding carboxylic acids is 2. The Morgan fingerprint density at radius 1 is 1.05 bits per heavy atom. The summed E-state index contributed by atoms with van der Waals surface area (Å²) in [7, 11) is 1.64. The molecular formula is C12H26ClN3O3. The fourth-order valence-electron chi connectivity index (χ4n) is 1.08. The van der Waals surface area contributed by atoms with E-state index < -0.39 is 5.41 Å². The number of halogens is 1. The largest absolute Gasteiger partial charge is 0.383 e. The van der Waals surface area contributed by atoms with Crippen LogP contribution in [-0.2, 0) is 14.3 Å². The molecule has 0 spiro atoms. The number of methoxy groups -OCH3 is 1. The Morgan fingerprint density at radius 3 is 2.21 bits per heavy atom. The molecule has 7 heteroatoms. The van der Waals surface area contributed by atoms with Crippen molar-refractivity contribution in [3.8, 4) is 0 Å². The van der Waals surface area contributed by atoms with Crippen molar-refractivity contribution in [3.63, 3.8) is 0 Å². The van der Waals surface area contributed by atoms with Gasteiger partial charge in [-0.2, -0.15) is 0 Å². The van der Waals surface area contributed by atoms with Crippen molar-refractivity contribution in [2.45, 2.75) is 20.8 Å². The average molecular weight is 296 g/mol. The van der Waals surface area contributed by atoms with Crippen molar-refractivity contribution in [1.82, 2.24) is 16.0 Å². The van der Waals surface area contributed by atoms with Gasteiger partial charge in [0.05, 0.1) is 13.2 Å². The van der Waals surface area contributed by atoms with E-state index in [4.69, 9.17) is 4.74 Å². The minimum absolute atomic E-state index is 0. The van der Waals surface area contributed by atoms with Crippen LogP contribution in [0.4, 0.5) is 0 Å². The third kappa shape index (κ3) is 11.9. The SMILES string of the molecule is COCCNCCNC(=O)CNC(=O)C(C)(C)C.Cl. The molecule has 0 aromatic heterocycles. The molecule has 0 saturated heterocycles. The van der Waals surface area contributed by atoms with Gasteiger partial charge in [0.15, 0.2) is 0 Å². The molecule has 0 aromatic rings. The Balaban J connectivity index is 0. The number of nitrogens with one attached hydrogen (secondary N) is 3. The van der Waals surface area contributed by atoms with Crippen LogP contribution >= 0.6 is 12.4 Å². The summed E-state index contributed by atoms with van der Waals surface area (Å²) in [5, 5.41) is 8.41. The normalized spacial score (nSPS) is 10.5. The molecule has 0 unspecified atom stereocenters. The van der Waals surface area contributed by atoms with Crippen LogP contribution in [0.5, 0.6) is 0 Å². The van der Waals surface area contributed by atoms with Crippen LogP contribution in [0.2, 0.25) is 0 Å². The molecule has 0 aliphatic carbocycles. The maximum atomic E-state index is 11.5. The van der Waals surface area contributed by atoms with Gasteiger partial charge in [-0.25, -0.2) is 0 Å².